The zero-order valence-electron chi connectivity index (χ0n) is 11.3. The van der Waals surface area contributed by atoms with Gasteiger partial charge in [0.1, 0.15) is 6.33 Å². The summed E-state index contributed by atoms with van der Waals surface area (Å²) < 4.78 is 19.8. The number of nitrogens with two attached hydrogens (primary N) is 1. The van der Waals surface area contributed by atoms with Gasteiger partial charge in [0.2, 0.25) is 0 Å². The van der Waals surface area contributed by atoms with Gasteiger partial charge >= 0.3 is 0 Å². The Kier molecular flexibility index (Phi) is 5.04. The van der Waals surface area contributed by atoms with E-state index in [2.05, 4.69) is 9.97 Å². The fourth-order valence-electron chi connectivity index (χ4n) is 2.33. The smallest absolute Gasteiger partial charge is 0.187 e. The molecule has 0 aromatic carbocycles. The van der Waals surface area contributed by atoms with E-state index in [0.29, 0.717) is 31.1 Å². The molecule has 0 saturated carbocycles. The van der Waals surface area contributed by atoms with E-state index in [0.717, 1.165) is 25.9 Å². The molecule has 0 bridgehead atoms. The molecular weight excluding hydrogens is 247 g/mol. The molecule has 2 N–H and O–H groups in total. The van der Waals surface area contributed by atoms with Crippen LogP contribution in [0.2, 0.25) is 0 Å². The van der Waals surface area contributed by atoms with Crippen molar-refractivity contribution in [1.82, 2.24) is 9.97 Å². The molecule has 2 rings (SSSR count). The SMILES string of the molecule is CCc1ncnc(N2CCC(OCCN)CC2)c1F. The lowest BCUT2D eigenvalue weighted by Crippen LogP contribution is -2.38. The minimum absolute atomic E-state index is 0.232. The number of hydrogen-bond acceptors (Lipinski definition) is 5. The first-order valence-electron chi connectivity index (χ1n) is 6.82. The second-order valence-corrected chi connectivity index (χ2v) is 4.66. The molecule has 1 aliphatic heterocycles. The van der Waals surface area contributed by atoms with E-state index in [4.69, 9.17) is 10.5 Å². The first-order chi connectivity index (χ1) is 9.26. The predicted molar refractivity (Wildman–Crippen MR) is 71.6 cm³/mol. The average Bonchev–Trinajstić information content (AvgIpc) is 2.46. The third-order valence-electron chi connectivity index (χ3n) is 3.39. The highest BCUT2D eigenvalue weighted by atomic mass is 19.1. The van der Waals surface area contributed by atoms with Crippen molar-refractivity contribution < 1.29 is 9.13 Å². The summed E-state index contributed by atoms with van der Waals surface area (Å²) in [4.78, 5) is 10.0. The molecule has 0 radical (unpaired) electrons. The van der Waals surface area contributed by atoms with Gasteiger partial charge in [0.15, 0.2) is 11.6 Å². The number of halogens is 1. The number of nitrogens with zero attached hydrogens (tertiary/aromatic N) is 3. The van der Waals surface area contributed by atoms with Gasteiger partial charge in [0.05, 0.1) is 18.4 Å². The van der Waals surface area contributed by atoms with Gasteiger partial charge in [0.25, 0.3) is 0 Å². The Bertz CT molecular complexity index is 408. The Balaban J connectivity index is 1.98. The van der Waals surface area contributed by atoms with E-state index in [-0.39, 0.29) is 11.9 Å². The highest BCUT2D eigenvalue weighted by Gasteiger charge is 2.23. The summed E-state index contributed by atoms with van der Waals surface area (Å²) in [5, 5.41) is 0. The second kappa shape index (κ2) is 6.77. The van der Waals surface area contributed by atoms with Gasteiger partial charge in [-0.3, -0.25) is 0 Å². The van der Waals surface area contributed by atoms with Crippen molar-refractivity contribution in [3.05, 3.63) is 17.8 Å². The summed E-state index contributed by atoms with van der Waals surface area (Å²) in [5.41, 5.74) is 5.89. The number of piperidine rings is 1. The van der Waals surface area contributed by atoms with Crippen LogP contribution in [0.3, 0.4) is 0 Å². The second-order valence-electron chi connectivity index (χ2n) is 4.66. The highest BCUT2D eigenvalue weighted by Crippen LogP contribution is 2.23. The van der Waals surface area contributed by atoms with E-state index >= 15 is 0 Å². The van der Waals surface area contributed by atoms with Crippen LogP contribution >= 0.6 is 0 Å². The van der Waals surface area contributed by atoms with E-state index < -0.39 is 0 Å². The molecule has 6 heteroatoms. The van der Waals surface area contributed by atoms with Crippen LogP contribution in [-0.4, -0.2) is 42.3 Å². The van der Waals surface area contributed by atoms with Gasteiger partial charge in [-0.05, 0) is 19.3 Å². The Morgan fingerprint density at radius 3 is 2.79 bits per heavy atom. The normalized spacial score (nSPS) is 16.9. The van der Waals surface area contributed by atoms with Gasteiger partial charge in [-0.25, -0.2) is 14.4 Å². The Morgan fingerprint density at radius 1 is 1.42 bits per heavy atom. The van der Waals surface area contributed by atoms with Gasteiger partial charge in [0, 0.05) is 19.6 Å². The molecule has 0 atom stereocenters. The predicted octanol–water partition coefficient (Wildman–Crippen LogP) is 1.12. The molecule has 0 amide bonds. The molecule has 1 fully saturated rings. The lowest BCUT2D eigenvalue weighted by Gasteiger charge is -2.32. The molecular formula is C13H21FN4O. The third-order valence-corrected chi connectivity index (χ3v) is 3.39. The molecule has 1 aromatic heterocycles. The van der Waals surface area contributed by atoms with Crippen LogP contribution in [0.15, 0.2) is 6.33 Å². The summed E-state index contributed by atoms with van der Waals surface area (Å²) in [7, 11) is 0. The lowest BCUT2D eigenvalue weighted by atomic mass is 10.1. The standard InChI is InChI=1S/C13H21FN4O/c1-2-11-12(14)13(17-9-16-11)18-6-3-10(4-7-18)19-8-5-15/h9-10H,2-8,15H2,1H3. The van der Waals surface area contributed by atoms with Crippen LogP contribution in [0.5, 0.6) is 0 Å². The van der Waals surface area contributed by atoms with Crippen molar-refractivity contribution in [3.63, 3.8) is 0 Å². The molecule has 106 valence electrons. The van der Waals surface area contributed by atoms with Crippen LogP contribution in [0.1, 0.15) is 25.5 Å². The summed E-state index contributed by atoms with van der Waals surface area (Å²) in [6.45, 7) is 4.54. The fraction of sp³-hybridized carbons (Fsp3) is 0.692. The topological polar surface area (TPSA) is 64.3 Å². The van der Waals surface area contributed by atoms with E-state index in [1.807, 2.05) is 11.8 Å². The number of anilines is 1. The van der Waals surface area contributed by atoms with Gasteiger partial charge in [-0.2, -0.15) is 0 Å². The van der Waals surface area contributed by atoms with Crippen LogP contribution in [0, 0.1) is 5.82 Å². The lowest BCUT2D eigenvalue weighted by molar-refractivity contribution is 0.0420. The summed E-state index contributed by atoms with van der Waals surface area (Å²) in [6.07, 6.45) is 4.01. The van der Waals surface area contributed by atoms with Crippen LogP contribution < -0.4 is 10.6 Å². The van der Waals surface area contributed by atoms with Crippen molar-refractivity contribution in [1.29, 1.82) is 0 Å². The zero-order valence-corrected chi connectivity index (χ0v) is 11.3. The minimum atomic E-state index is -0.286. The molecule has 19 heavy (non-hydrogen) atoms. The number of hydrogen-bond donors (Lipinski definition) is 1. The molecule has 1 saturated heterocycles. The van der Waals surface area contributed by atoms with Gasteiger partial charge in [-0.1, -0.05) is 6.92 Å². The number of rotatable bonds is 5. The molecule has 0 spiro atoms. The number of aromatic nitrogens is 2. The quantitative estimate of drug-likeness (QED) is 0.867. The van der Waals surface area contributed by atoms with E-state index in [1.54, 1.807) is 0 Å². The Labute approximate surface area is 113 Å². The van der Waals surface area contributed by atoms with Crippen molar-refractivity contribution in [2.24, 2.45) is 5.73 Å². The maximum Gasteiger partial charge on any atom is 0.187 e. The molecule has 5 nitrogen and oxygen atoms in total. The molecule has 0 unspecified atom stereocenters. The Morgan fingerprint density at radius 2 is 2.16 bits per heavy atom. The molecule has 1 aromatic rings. The van der Waals surface area contributed by atoms with E-state index in [9.17, 15) is 4.39 Å². The number of aryl methyl sites for hydroxylation is 1. The average molecular weight is 268 g/mol. The fourth-order valence-corrected chi connectivity index (χ4v) is 2.33. The monoisotopic (exact) mass is 268 g/mol. The van der Waals surface area contributed by atoms with Crippen LogP contribution in [0.4, 0.5) is 10.2 Å². The van der Waals surface area contributed by atoms with Gasteiger partial charge < -0.3 is 15.4 Å². The molecule has 0 aliphatic carbocycles. The maximum atomic E-state index is 14.1. The molecule has 1 aliphatic rings. The first kappa shape index (κ1) is 14.1. The van der Waals surface area contributed by atoms with Crippen molar-refractivity contribution in [2.75, 3.05) is 31.1 Å². The van der Waals surface area contributed by atoms with Crippen molar-refractivity contribution >= 4 is 5.82 Å². The first-order valence-corrected chi connectivity index (χ1v) is 6.82. The van der Waals surface area contributed by atoms with E-state index in [1.165, 1.54) is 6.33 Å². The molecule has 2 heterocycles. The number of ether oxygens (including phenoxy) is 1. The van der Waals surface area contributed by atoms with Gasteiger partial charge in [-0.15, -0.1) is 0 Å². The summed E-state index contributed by atoms with van der Waals surface area (Å²) in [6, 6.07) is 0. The minimum Gasteiger partial charge on any atom is -0.377 e. The summed E-state index contributed by atoms with van der Waals surface area (Å²) in [5.74, 6) is 0.135. The summed E-state index contributed by atoms with van der Waals surface area (Å²) >= 11 is 0. The van der Waals surface area contributed by atoms with Crippen LogP contribution in [0.25, 0.3) is 0 Å². The largest absolute Gasteiger partial charge is 0.377 e. The maximum absolute atomic E-state index is 14.1. The highest BCUT2D eigenvalue weighted by molar-refractivity contribution is 5.41. The van der Waals surface area contributed by atoms with Crippen molar-refractivity contribution in [2.45, 2.75) is 32.3 Å². The zero-order chi connectivity index (χ0) is 13.7. The van der Waals surface area contributed by atoms with Crippen molar-refractivity contribution in [3.8, 4) is 0 Å². The third kappa shape index (κ3) is 3.39. The Hall–Kier alpha value is -1.27. The van der Waals surface area contributed by atoms with Crippen LogP contribution in [-0.2, 0) is 11.2 Å².